The highest BCUT2D eigenvalue weighted by Crippen LogP contribution is 2.07. The van der Waals surface area contributed by atoms with Gasteiger partial charge in [-0.1, -0.05) is 30.3 Å². The van der Waals surface area contributed by atoms with Gasteiger partial charge < -0.3 is 5.73 Å². The zero-order chi connectivity index (χ0) is 8.81. The van der Waals surface area contributed by atoms with E-state index in [1.54, 1.807) is 0 Å². The molecule has 2 heteroatoms. The molecule has 0 aliphatic rings. The predicted molar refractivity (Wildman–Crippen MR) is 48.7 cm³/mol. The monoisotopic (exact) mass is 167 g/mol. The Hall–Kier alpha value is -0.890. The van der Waals surface area contributed by atoms with Crippen LogP contribution in [0.5, 0.6) is 0 Å². The third-order valence-corrected chi connectivity index (χ3v) is 1.92. The Kier molecular flexibility index (Phi) is 3.74. The average Bonchev–Trinajstić information content (AvgIpc) is 2.16. The van der Waals surface area contributed by atoms with Crippen LogP contribution in [0.2, 0.25) is 0 Å². The SMILES string of the molecule is NCC(CF)Cc1ccccc1. The highest BCUT2D eigenvalue weighted by molar-refractivity contribution is 5.15. The quantitative estimate of drug-likeness (QED) is 0.726. The number of benzene rings is 1. The van der Waals surface area contributed by atoms with Crippen LogP contribution in [0.15, 0.2) is 30.3 Å². The lowest BCUT2D eigenvalue weighted by Crippen LogP contribution is -2.18. The van der Waals surface area contributed by atoms with Gasteiger partial charge in [0.1, 0.15) is 0 Å². The second kappa shape index (κ2) is 4.88. The average molecular weight is 167 g/mol. The largest absolute Gasteiger partial charge is 0.330 e. The molecule has 0 radical (unpaired) electrons. The maximum atomic E-state index is 12.3. The molecule has 1 aromatic rings. The minimum absolute atomic E-state index is 0.0209. The summed E-state index contributed by atoms with van der Waals surface area (Å²) in [6, 6.07) is 9.87. The van der Waals surface area contributed by atoms with Crippen LogP contribution in [0, 0.1) is 5.92 Å². The molecule has 1 aromatic carbocycles. The maximum Gasteiger partial charge on any atom is 0.0937 e. The van der Waals surface area contributed by atoms with Crippen LogP contribution >= 0.6 is 0 Å². The van der Waals surface area contributed by atoms with Crippen molar-refractivity contribution in [2.24, 2.45) is 11.7 Å². The molecule has 66 valence electrons. The summed E-state index contributed by atoms with van der Waals surface area (Å²) in [6.45, 7) is 0.0940. The van der Waals surface area contributed by atoms with Crippen LogP contribution in [0.4, 0.5) is 4.39 Å². The first-order chi connectivity index (χ1) is 5.86. The highest BCUT2D eigenvalue weighted by atomic mass is 19.1. The minimum Gasteiger partial charge on any atom is -0.330 e. The predicted octanol–water partition coefficient (Wildman–Crippen LogP) is 1.77. The van der Waals surface area contributed by atoms with Crippen LogP contribution in [-0.4, -0.2) is 13.2 Å². The van der Waals surface area contributed by atoms with E-state index in [0.29, 0.717) is 6.54 Å². The molecule has 12 heavy (non-hydrogen) atoms. The molecule has 1 unspecified atom stereocenters. The lowest BCUT2D eigenvalue weighted by atomic mass is 10.0. The molecule has 0 bridgehead atoms. The van der Waals surface area contributed by atoms with Gasteiger partial charge in [0, 0.05) is 5.92 Å². The van der Waals surface area contributed by atoms with E-state index in [9.17, 15) is 4.39 Å². The van der Waals surface area contributed by atoms with Gasteiger partial charge in [-0.2, -0.15) is 0 Å². The van der Waals surface area contributed by atoms with Crippen molar-refractivity contribution < 1.29 is 4.39 Å². The summed E-state index contributed by atoms with van der Waals surface area (Å²) in [5, 5.41) is 0. The molecule has 0 amide bonds. The molecule has 1 rings (SSSR count). The van der Waals surface area contributed by atoms with Crippen LogP contribution in [0.1, 0.15) is 5.56 Å². The number of hydrogen-bond donors (Lipinski definition) is 1. The summed E-state index contributed by atoms with van der Waals surface area (Å²) in [5.41, 5.74) is 6.55. The molecule has 0 aliphatic heterocycles. The van der Waals surface area contributed by atoms with Gasteiger partial charge in [-0.15, -0.1) is 0 Å². The molecule has 0 aliphatic carbocycles. The molecular weight excluding hydrogens is 153 g/mol. The minimum atomic E-state index is -0.328. The Morgan fingerprint density at radius 1 is 1.25 bits per heavy atom. The number of nitrogens with two attached hydrogens (primary N) is 1. The highest BCUT2D eigenvalue weighted by Gasteiger charge is 2.05. The molecule has 0 spiro atoms. The van der Waals surface area contributed by atoms with Crippen molar-refractivity contribution in [2.75, 3.05) is 13.2 Å². The Labute approximate surface area is 72.4 Å². The normalized spacial score (nSPS) is 12.8. The van der Waals surface area contributed by atoms with E-state index in [1.807, 2.05) is 30.3 Å². The van der Waals surface area contributed by atoms with Gasteiger partial charge in [0.05, 0.1) is 6.67 Å². The summed E-state index contributed by atoms with van der Waals surface area (Å²) in [4.78, 5) is 0. The summed E-state index contributed by atoms with van der Waals surface area (Å²) >= 11 is 0. The van der Waals surface area contributed by atoms with E-state index in [4.69, 9.17) is 5.73 Å². The fraction of sp³-hybridized carbons (Fsp3) is 0.400. The fourth-order valence-electron chi connectivity index (χ4n) is 1.15. The van der Waals surface area contributed by atoms with Crippen molar-refractivity contribution in [1.82, 2.24) is 0 Å². The molecule has 0 saturated heterocycles. The Balaban J connectivity index is 2.51. The van der Waals surface area contributed by atoms with Gasteiger partial charge in [0.2, 0.25) is 0 Å². The molecule has 1 atom stereocenters. The van der Waals surface area contributed by atoms with Crippen LogP contribution in [0.25, 0.3) is 0 Å². The van der Waals surface area contributed by atoms with Gasteiger partial charge >= 0.3 is 0 Å². The first kappa shape index (κ1) is 9.20. The Morgan fingerprint density at radius 2 is 1.92 bits per heavy atom. The molecule has 0 fully saturated rings. The number of rotatable bonds is 4. The van der Waals surface area contributed by atoms with Crippen molar-refractivity contribution in [2.45, 2.75) is 6.42 Å². The fourth-order valence-corrected chi connectivity index (χ4v) is 1.15. The molecule has 1 nitrogen and oxygen atoms in total. The lowest BCUT2D eigenvalue weighted by molar-refractivity contribution is 0.365. The molecule has 0 heterocycles. The Bertz CT molecular complexity index is 206. The van der Waals surface area contributed by atoms with Crippen molar-refractivity contribution >= 4 is 0 Å². The summed E-state index contributed by atoms with van der Waals surface area (Å²) in [7, 11) is 0. The zero-order valence-electron chi connectivity index (χ0n) is 7.04. The summed E-state index contributed by atoms with van der Waals surface area (Å²) in [5.74, 6) is -0.0209. The third-order valence-electron chi connectivity index (χ3n) is 1.92. The number of halogens is 1. The van der Waals surface area contributed by atoms with Gasteiger partial charge in [-0.25, -0.2) is 0 Å². The standard InChI is InChI=1S/C10H14FN/c11-7-10(8-12)6-9-4-2-1-3-5-9/h1-5,10H,6-8,12H2. The van der Waals surface area contributed by atoms with Gasteiger partial charge in [-0.3, -0.25) is 4.39 Å². The van der Waals surface area contributed by atoms with E-state index < -0.39 is 0 Å². The topological polar surface area (TPSA) is 26.0 Å². The number of hydrogen-bond acceptors (Lipinski definition) is 1. The van der Waals surface area contributed by atoms with Crippen LogP contribution in [0.3, 0.4) is 0 Å². The molecule has 2 N–H and O–H groups in total. The molecular formula is C10H14FN. The second-order valence-electron chi connectivity index (χ2n) is 2.95. The first-order valence-corrected chi connectivity index (χ1v) is 4.16. The zero-order valence-corrected chi connectivity index (χ0v) is 7.04. The van der Waals surface area contributed by atoms with E-state index >= 15 is 0 Å². The molecule has 0 aromatic heterocycles. The maximum absolute atomic E-state index is 12.3. The lowest BCUT2D eigenvalue weighted by Gasteiger charge is -2.09. The van der Waals surface area contributed by atoms with E-state index in [-0.39, 0.29) is 12.6 Å². The van der Waals surface area contributed by atoms with E-state index in [2.05, 4.69) is 0 Å². The van der Waals surface area contributed by atoms with Crippen molar-refractivity contribution in [3.63, 3.8) is 0 Å². The van der Waals surface area contributed by atoms with Crippen LogP contribution in [-0.2, 0) is 6.42 Å². The Morgan fingerprint density at radius 3 is 2.42 bits per heavy atom. The van der Waals surface area contributed by atoms with Gasteiger partial charge in [0.25, 0.3) is 0 Å². The summed E-state index contributed by atoms with van der Waals surface area (Å²) in [6.07, 6.45) is 0.744. The van der Waals surface area contributed by atoms with Gasteiger partial charge in [0.15, 0.2) is 0 Å². The van der Waals surface area contributed by atoms with Crippen molar-refractivity contribution in [3.8, 4) is 0 Å². The van der Waals surface area contributed by atoms with E-state index in [0.717, 1.165) is 12.0 Å². The smallest absolute Gasteiger partial charge is 0.0937 e. The van der Waals surface area contributed by atoms with Gasteiger partial charge in [-0.05, 0) is 18.5 Å². The van der Waals surface area contributed by atoms with E-state index in [1.165, 1.54) is 0 Å². The second-order valence-corrected chi connectivity index (χ2v) is 2.95. The number of alkyl halides is 1. The van der Waals surface area contributed by atoms with Crippen molar-refractivity contribution in [1.29, 1.82) is 0 Å². The molecule has 0 saturated carbocycles. The summed E-state index contributed by atoms with van der Waals surface area (Å²) < 4.78 is 12.3. The third kappa shape index (κ3) is 2.62. The van der Waals surface area contributed by atoms with Crippen LogP contribution < -0.4 is 5.73 Å². The van der Waals surface area contributed by atoms with Crippen molar-refractivity contribution in [3.05, 3.63) is 35.9 Å². The first-order valence-electron chi connectivity index (χ1n) is 4.16.